The maximum absolute atomic E-state index is 13.1. The van der Waals surface area contributed by atoms with Crippen molar-refractivity contribution < 1.29 is 43.1 Å². The second-order valence-electron chi connectivity index (χ2n) is 11.9. The van der Waals surface area contributed by atoms with Crippen LogP contribution in [0.15, 0.2) is 33.8 Å². The lowest BCUT2D eigenvalue weighted by molar-refractivity contribution is -0.125. The quantitative estimate of drug-likeness (QED) is 0.110. The van der Waals surface area contributed by atoms with Gasteiger partial charge in [0.1, 0.15) is 23.1 Å². The van der Waals surface area contributed by atoms with Gasteiger partial charge in [-0.2, -0.15) is 9.98 Å². The molecule has 48 heavy (non-hydrogen) atoms. The van der Waals surface area contributed by atoms with Gasteiger partial charge in [-0.25, -0.2) is 9.59 Å². The summed E-state index contributed by atoms with van der Waals surface area (Å²) >= 11 is 0. The number of methoxy groups -OCH3 is 1. The molecule has 0 unspecified atom stereocenters. The molecule has 4 amide bonds. The minimum Gasteiger partial charge on any atom is -0.483 e. The van der Waals surface area contributed by atoms with E-state index in [2.05, 4.69) is 25.8 Å². The zero-order valence-corrected chi connectivity index (χ0v) is 27.9. The third-order valence-corrected chi connectivity index (χ3v) is 7.61. The number of para-hydroxylation sites is 1. The summed E-state index contributed by atoms with van der Waals surface area (Å²) in [6.07, 6.45) is 5.84. The molecule has 1 saturated heterocycles. The van der Waals surface area contributed by atoms with Crippen molar-refractivity contribution in [3.05, 3.63) is 41.5 Å². The third kappa shape index (κ3) is 12.4. The number of hydrogen-bond donors (Lipinski definition) is 3. The van der Waals surface area contributed by atoms with Crippen molar-refractivity contribution in [2.24, 2.45) is 10.9 Å². The van der Waals surface area contributed by atoms with Crippen LogP contribution >= 0.6 is 0 Å². The summed E-state index contributed by atoms with van der Waals surface area (Å²) < 4.78 is 15.6. The Bertz CT molecular complexity index is 1420. The molecular weight excluding hydrogens is 624 g/mol. The average molecular weight is 671 g/mol. The van der Waals surface area contributed by atoms with Crippen LogP contribution in [0.5, 0.6) is 5.75 Å². The van der Waals surface area contributed by atoms with Crippen LogP contribution in [0.3, 0.4) is 0 Å². The lowest BCUT2D eigenvalue weighted by Crippen LogP contribution is -2.37. The Labute approximate surface area is 279 Å². The molecule has 262 valence electrons. The first kappa shape index (κ1) is 37.6. The van der Waals surface area contributed by atoms with Gasteiger partial charge in [-0.05, 0) is 50.2 Å². The molecule has 15 nitrogen and oxygen atoms in total. The second kappa shape index (κ2) is 19.8. The van der Waals surface area contributed by atoms with E-state index in [0.29, 0.717) is 43.9 Å². The number of carbonyl (C=O) groups is 5. The first-order chi connectivity index (χ1) is 23.1. The molecule has 1 aliphatic heterocycles. The van der Waals surface area contributed by atoms with Crippen LogP contribution in [-0.2, 0) is 25.7 Å². The Morgan fingerprint density at radius 3 is 2.50 bits per heavy atom. The van der Waals surface area contributed by atoms with Crippen molar-refractivity contribution in [1.29, 1.82) is 0 Å². The van der Waals surface area contributed by atoms with Gasteiger partial charge >= 0.3 is 12.1 Å². The van der Waals surface area contributed by atoms with Crippen molar-refractivity contribution >= 4 is 35.5 Å². The van der Waals surface area contributed by atoms with E-state index >= 15 is 0 Å². The van der Waals surface area contributed by atoms with Gasteiger partial charge in [0.2, 0.25) is 11.8 Å². The number of amides is 4. The number of ether oxygens (including phenoxy) is 2. The highest BCUT2D eigenvalue weighted by Crippen LogP contribution is 2.31. The topological polar surface area (TPSA) is 203 Å². The summed E-state index contributed by atoms with van der Waals surface area (Å²) in [4.78, 5) is 69.9. The number of likely N-dealkylation sites (tertiary alicyclic amines) is 1. The number of carbonyl (C=O) groups excluding carboxylic acids is 4. The average Bonchev–Trinajstić information content (AvgIpc) is 3.74. The summed E-state index contributed by atoms with van der Waals surface area (Å²) in [5, 5.41) is 18.7. The van der Waals surface area contributed by atoms with E-state index in [9.17, 15) is 24.0 Å². The van der Waals surface area contributed by atoms with E-state index in [0.717, 1.165) is 38.5 Å². The molecule has 0 radical (unpaired) electrons. The van der Waals surface area contributed by atoms with E-state index < -0.39 is 24.0 Å². The molecular formula is C33H46N6O9. The molecule has 0 bridgehead atoms. The van der Waals surface area contributed by atoms with Crippen molar-refractivity contribution in [3.8, 4) is 5.75 Å². The van der Waals surface area contributed by atoms with Gasteiger partial charge in [0, 0.05) is 19.5 Å². The number of nitrogens with zero attached hydrogens (tertiary/aromatic N) is 4. The van der Waals surface area contributed by atoms with Crippen LogP contribution in [0.2, 0.25) is 0 Å². The fraction of sp³-hybridized carbons (Fsp3) is 0.576. The van der Waals surface area contributed by atoms with Crippen molar-refractivity contribution in [2.75, 3.05) is 26.8 Å². The number of aliphatic imine (C=N–C) groups is 1. The predicted octanol–water partition coefficient (Wildman–Crippen LogP) is 4.23. The van der Waals surface area contributed by atoms with Gasteiger partial charge in [-0.1, -0.05) is 56.8 Å². The Morgan fingerprint density at radius 2 is 1.77 bits per heavy atom. The molecule has 1 atom stereocenters. The van der Waals surface area contributed by atoms with E-state index in [1.165, 1.54) is 12.0 Å². The van der Waals surface area contributed by atoms with E-state index in [1.54, 1.807) is 24.3 Å². The molecule has 1 fully saturated rings. The van der Waals surface area contributed by atoms with Crippen LogP contribution in [0, 0.1) is 5.92 Å². The van der Waals surface area contributed by atoms with E-state index in [1.807, 2.05) is 13.8 Å². The highest BCUT2D eigenvalue weighted by Gasteiger charge is 2.36. The third-order valence-electron chi connectivity index (χ3n) is 7.61. The number of benzene rings is 1. The van der Waals surface area contributed by atoms with Crippen molar-refractivity contribution in [2.45, 2.75) is 90.6 Å². The molecule has 1 aliphatic rings. The zero-order valence-electron chi connectivity index (χ0n) is 27.9. The van der Waals surface area contributed by atoms with E-state index in [-0.39, 0.29) is 54.5 Å². The monoisotopic (exact) mass is 670 g/mol. The number of carboxylic acid groups (broad SMARTS) is 1. The minimum absolute atomic E-state index is 0.00993. The van der Waals surface area contributed by atoms with Crippen LogP contribution in [0.1, 0.15) is 106 Å². The smallest absolute Gasteiger partial charge is 0.431 e. The molecule has 1 aromatic carbocycles. The molecule has 3 N–H and O–H groups in total. The minimum atomic E-state index is -1.41. The van der Waals surface area contributed by atoms with Gasteiger partial charge < -0.3 is 34.6 Å². The predicted molar refractivity (Wildman–Crippen MR) is 173 cm³/mol. The number of unbranched alkanes of at least 4 members (excludes halogenated alkanes) is 5. The number of aromatic nitrogens is 2. The molecule has 2 aromatic rings. The Hall–Kier alpha value is -4.82. The molecule has 3 rings (SSSR count). The van der Waals surface area contributed by atoms with Gasteiger partial charge in [0.25, 0.3) is 11.8 Å². The summed E-state index contributed by atoms with van der Waals surface area (Å²) in [6.45, 7) is 4.61. The SMILES string of the molecule is COC(=O)c1ccccc1OCC(=O)NCCCCCCCCC(=O)NCc1noc([C@H]2CCCN2C(=O)/C(CC(C)C)=N/C(=O)O)n1. The summed E-state index contributed by atoms with van der Waals surface area (Å²) in [7, 11) is 1.28. The number of rotatable bonds is 19. The maximum Gasteiger partial charge on any atom is 0.431 e. The molecule has 0 saturated carbocycles. The first-order valence-corrected chi connectivity index (χ1v) is 16.4. The normalized spacial score (nSPS) is 14.5. The number of esters is 1. The van der Waals surface area contributed by atoms with Gasteiger partial charge in [-0.3, -0.25) is 14.4 Å². The maximum atomic E-state index is 13.1. The van der Waals surface area contributed by atoms with Crippen LogP contribution in [0.25, 0.3) is 0 Å². The van der Waals surface area contributed by atoms with Gasteiger partial charge in [0.05, 0.1) is 13.7 Å². The first-order valence-electron chi connectivity index (χ1n) is 16.4. The Morgan fingerprint density at radius 1 is 1.04 bits per heavy atom. The van der Waals surface area contributed by atoms with Crippen LogP contribution in [0.4, 0.5) is 4.79 Å². The number of hydrogen-bond acceptors (Lipinski definition) is 10. The fourth-order valence-electron chi connectivity index (χ4n) is 5.27. The fourth-order valence-corrected chi connectivity index (χ4v) is 5.27. The number of nitrogens with one attached hydrogen (secondary N) is 2. The highest BCUT2D eigenvalue weighted by molar-refractivity contribution is 6.40. The standard InChI is InChI=1S/C33H46N6O9/c1-22(2)19-24(36-33(44)45)31(42)39-18-12-14-25(39)30-37-27(38-48-30)20-35-28(40)16-8-6-4-5-7-11-17-34-29(41)21-47-26-15-10-9-13-23(26)32(43)46-3/h9-10,13,15,22,25H,4-8,11-12,14,16-21H2,1-3H3,(H,34,41)(H,35,40)(H,44,45)/b36-24+/t25-/m1/s1. The largest absolute Gasteiger partial charge is 0.483 e. The lowest BCUT2D eigenvalue weighted by Gasteiger charge is -2.23. The Kier molecular flexibility index (Phi) is 15.5. The molecule has 0 spiro atoms. The van der Waals surface area contributed by atoms with Crippen LogP contribution in [-0.4, -0.2) is 82.4 Å². The lowest BCUT2D eigenvalue weighted by atomic mass is 10.1. The molecule has 15 heteroatoms. The molecule has 1 aromatic heterocycles. The summed E-state index contributed by atoms with van der Waals surface area (Å²) in [6, 6.07) is 6.10. The Balaban J connectivity index is 1.26. The summed E-state index contributed by atoms with van der Waals surface area (Å²) in [5.74, 6) is -0.483. The van der Waals surface area contributed by atoms with Crippen molar-refractivity contribution in [1.82, 2.24) is 25.7 Å². The molecule has 0 aliphatic carbocycles. The van der Waals surface area contributed by atoms with Crippen LogP contribution < -0.4 is 15.4 Å². The van der Waals surface area contributed by atoms with Gasteiger partial charge in [-0.15, -0.1) is 0 Å². The summed E-state index contributed by atoms with van der Waals surface area (Å²) in [5.41, 5.74) is 0.252. The van der Waals surface area contributed by atoms with E-state index in [4.69, 9.17) is 19.1 Å². The van der Waals surface area contributed by atoms with Gasteiger partial charge in [0.15, 0.2) is 12.4 Å². The highest BCUT2D eigenvalue weighted by atomic mass is 16.5. The molecule has 2 heterocycles. The zero-order chi connectivity index (χ0) is 34.9. The van der Waals surface area contributed by atoms with Crippen molar-refractivity contribution in [3.63, 3.8) is 0 Å². The second-order valence-corrected chi connectivity index (χ2v) is 11.9.